The molecular formula is C25H21BN2O. The summed E-state index contributed by atoms with van der Waals surface area (Å²) in [5.41, 5.74) is 5.81. The minimum absolute atomic E-state index is 0.279. The minimum atomic E-state index is 0.279. The number of pyridine rings is 2. The van der Waals surface area contributed by atoms with Gasteiger partial charge in [-0.25, -0.2) is 4.98 Å². The molecule has 3 aromatic heterocycles. The van der Waals surface area contributed by atoms with E-state index in [1.807, 2.05) is 18.2 Å². The lowest BCUT2D eigenvalue weighted by Crippen LogP contribution is -2.22. The van der Waals surface area contributed by atoms with Crippen LogP contribution in [0.25, 0.3) is 44.2 Å². The highest BCUT2D eigenvalue weighted by Gasteiger charge is 2.30. The second-order valence-corrected chi connectivity index (χ2v) is 8.52. The third-order valence-corrected chi connectivity index (χ3v) is 6.64. The van der Waals surface area contributed by atoms with Crippen LogP contribution in [0.2, 0.25) is 0 Å². The van der Waals surface area contributed by atoms with Crippen LogP contribution in [0.5, 0.6) is 0 Å². The Balaban J connectivity index is 1.51. The molecule has 4 heteroatoms. The topological polar surface area (TPSA) is 38.9 Å². The van der Waals surface area contributed by atoms with E-state index in [4.69, 9.17) is 14.4 Å². The first-order chi connectivity index (χ1) is 14.2. The first-order valence-corrected chi connectivity index (χ1v) is 10.4. The van der Waals surface area contributed by atoms with E-state index in [2.05, 4.69) is 56.5 Å². The Bertz CT molecular complexity index is 1360. The molecule has 2 aromatic carbocycles. The van der Waals surface area contributed by atoms with Crippen molar-refractivity contribution >= 4 is 40.8 Å². The summed E-state index contributed by atoms with van der Waals surface area (Å²) in [6.07, 6.45) is 7.21. The molecule has 5 aromatic rings. The molecule has 0 N–H and O–H groups in total. The highest BCUT2D eigenvalue weighted by atomic mass is 16.3. The standard InChI is InChI=1S/C25H21BN2O/c26-25(12-3-4-13-25)17-10-11-22(27-15-17)19-8-5-7-18-20-14-16-6-1-2-9-21(16)28-24(20)29-23(18)19/h1-2,5-11,14-15H,3-4,12-13,26H2. The zero-order valence-corrected chi connectivity index (χ0v) is 16.5. The predicted molar refractivity (Wildman–Crippen MR) is 121 cm³/mol. The number of benzene rings is 2. The lowest BCUT2D eigenvalue weighted by molar-refractivity contribution is 0.633. The van der Waals surface area contributed by atoms with E-state index in [0.717, 1.165) is 38.5 Å². The van der Waals surface area contributed by atoms with Gasteiger partial charge in [-0.1, -0.05) is 62.1 Å². The van der Waals surface area contributed by atoms with Crippen molar-refractivity contribution < 1.29 is 4.42 Å². The molecule has 0 aliphatic heterocycles. The molecule has 0 bridgehead atoms. The zero-order chi connectivity index (χ0) is 19.4. The Hall–Kier alpha value is -3.14. The third kappa shape index (κ3) is 2.59. The van der Waals surface area contributed by atoms with E-state index in [1.54, 1.807) is 0 Å². The van der Waals surface area contributed by atoms with E-state index in [-0.39, 0.29) is 5.31 Å². The van der Waals surface area contributed by atoms with Crippen molar-refractivity contribution in [3.63, 3.8) is 0 Å². The fourth-order valence-electron chi connectivity index (χ4n) is 4.88. The van der Waals surface area contributed by atoms with Crippen LogP contribution in [-0.2, 0) is 5.31 Å². The van der Waals surface area contributed by atoms with E-state index in [0.29, 0.717) is 5.71 Å². The second-order valence-electron chi connectivity index (χ2n) is 8.52. The van der Waals surface area contributed by atoms with Crippen LogP contribution in [-0.4, -0.2) is 17.8 Å². The van der Waals surface area contributed by atoms with E-state index in [9.17, 15) is 0 Å². The Morgan fingerprint density at radius 1 is 0.897 bits per heavy atom. The van der Waals surface area contributed by atoms with Gasteiger partial charge in [0.2, 0.25) is 5.71 Å². The molecule has 0 amide bonds. The number of para-hydroxylation sites is 2. The summed E-state index contributed by atoms with van der Waals surface area (Å²) in [7, 11) is 2.37. The Kier molecular flexibility index (Phi) is 3.58. The predicted octanol–water partition coefficient (Wildman–Crippen LogP) is 5.60. The molecule has 140 valence electrons. The smallest absolute Gasteiger partial charge is 0.227 e. The van der Waals surface area contributed by atoms with Crippen LogP contribution < -0.4 is 0 Å². The summed E-state index contributed by atoms with van der Waals surface area (Å²) >= 11 is 0. The number of fused-ring (bicyclic) bond motifs is 4. The fraction of sp³-hybridized carbons (Fsp3) is 0.200. The minimum Gasteiger partial charge on any atom is -0.437 e. The maximum absolute atomic E-state index is 6.24. The third-order valence-electron chi connectivity index (χ3n) is 6.64. The maximum atomic E-state index is 6.24. The summed E-state index contributed by atoms with van der Waals surface area (Å²) in [5, 5.41) is 3.54. The molecule has 0 saturated heterocycles. The first kappa shape index (κ1) is 16.8. The normalized spacial score (nSPS) is 16.1. The Morgan fingerprint density at radius 3 is 2.59 bits per heavy atom. The van der Waals surface area contributed by atoms with E-state index >= 15 is 0 Å². The zero-order valence-electron chi connectivity index (χ0n) is 16.5. The van der Waals surface area contributed by atoms with Crippen LogP contribution in [0.3, 0.4) is 0 Å². The van der Waals surface area contributed by atoms with Crippen LogP contribution in [0.1, 0.15) is 31.2 Å². The monoisotopic (exact) mass is 376 g/mol. The van der Waals surface area contributed by atoms with Crippen molar-refractivity contribution in [2.24, 2.45) is 0 Å². The molecule has 1 fully saturated rings. The molecule has 0 unspecified atom stereocenters. The van der Waals surface area contributed by atoms with Crippen LogP contribution in [0, 0.1) is 0 Å². The Labute approximate surface area is 170 Å². The van der Waals surface area contributed by atoms with Gasteiger partial charge in [-0.3, -0.25) is 4.98 Å². The van der Waals surface area contributed by atoms with Gasteiger partial charge >= 0.3 is 0 Å². The van der Waals surface area contributed by atoms with Gasteiger partial charge in [-0.05, 0) is 35.1 Å². The van der Waals surface area contributed by atoms with Gasteiger partial charge in [0.1, 0.15) is 13.4 Å². The SMILES string of the molecule is BC1(c2ccc(-c3cccc4c3oc3nc5ccccc5cc34)nc2)CCCC1. The lowest BCUT2D eigenvalue weighted by Gasteiger charge is -2.23. The van der Waals surface area contributed by atoms with E-state index < -0.39 is 0 Å². The lowest BCUT2D eigenvalue weighted by atomic mass is 9.63. The van der Waals surface area contributed by atoms with Crippen LogP contribution >= 0.6 is 0 Å². The molecule has 0 atom stereocenters. The van der Waals surface area contributed by atoms with Crippen molar-refractivity contribution in [3.05, 3.63) is 72.4 Å². The van der Waals surface area contributed by atoms with Gasteiger partial charge in [0, 0.05) is 27.9 Å². The molecule has 1 saturated carbocycles. The average Bonchev–Trinajstić information content (AvgIpc) is 3.36. The van der Waals surface area contributed by atoms with Gasteiger partial charge in [0.05, 0.1) is 11.2 Å². The summed E-state index contributed by atoms with van der Waals surface area (Å²) in [5.74, 6) is 0. The number of furan rings is 1. The molecule has 0 radical (unpaired) electrons. The van der Waals surface area contributed by atoms with Gasteiger partial charge in [-0.15, -0.1) is 0 Å². The van der Waals surface area contributed by atoms with Crippen molar-refractivity contribution in [3.8, 4) is 11.3 Å². The highest BCUT2D eigenvalue weighted by Crippen LogP contribution is 2.39. The number of hydrogen-bond donors (Lipinski definition) is 0. The van der Waals surface area contributed by atoms with Crippen molar-refractivity contribution in [2.45, 2.75) is 31.0 Å². The van der Waals surface area contributed by atoms with Crippen LogP contribution in [0.4, 0.5) is 0 Å². The molecule has 0 spiro atoms. The maximum Gasteiger partial charge on any atom is 0.227 e. The first-order valence-electron chi connectivity index (χ1n) is 10.4. The highest BCUT2D eigenvalue weighted by molar-refractivity contribution is 6.16. The largest absolute Gasteiger partial charge is 0.437 e. The van der Waals surface area contributed by atoms with Crippen molar-refractivity contribution in [1.29, 1.82) is 0 Å². The molecular weight excluding hydrogens is 355 g/mol. The molecule has 1 aliphatic carbocycles. The summed E-state index contributed by atoms with van der Waals surface area (Å²) in [6.45, 7) is 0. The van der Waals surface area contributed by atoms with Gasteiger partial charge < -0.3 is 4.42 Å². The fourth-order valence-corrected chi connectivity index (χ4v) is 4.88. The quantitative estimate of drug-likeness (QED) is 0.377. The molecule has 6 rings (SSSR count). The number of nitrogens with zero attached hydrogens (tertiary/aromatic N) is 2. The number of rotatable bonds is 2. The molecule has 29 heavy (non-hydrogen) atoms. The van der Waals surface area contributed by atoms with E-state index in [1.165, 1.54) is 31.2 Å². The number of hydrogen-bond acceptors (Lipinski definition) is 3. The summed E-state index contributed by atoms with van der Waals surface area (Å²) in [6, 6.07) is 21.0. The Morgan fingerprint density at radius 2 is 1.76 bits per heavy atom. The molecule has 1 aliphatic rings. The average molecular weight is 376 g/mol. The number of aromatic nitrogens is 2. The van der Waals surface area contributed by atoms with Gasteiger partial charge in [-0.2, -0.15) is 0 Å². The van der Waals surface area contributed by atoms with Gasteiger partial charge in [0.25, 0.3) is 0 Å². The van der Waals surface area contributed by atoms with Gasteiger partial charge in [0.15, 0.2) is 0 Å². The molecule has 3 heterocycles. The van der Waals surface area contributed by atoms with Crippen molar-refractivity contribution in [2.75, 3.05) is 0 Å². The molecule has 3 nitrogen and oxygen atoms in total. The van der Waals surface area contributed by atoms with Crippen molar-refractivity contribution in [1.82, 2.24) is 9.97 Å². The summed E-state index contributed by atoms with van der Waals surface area (Å²) < 4.78 is 6.24. The van der Waals surface area contributed by atoms with Crippen LogP contribution in [0.15, 0.2) is 71.3 Å². The summed E-state index contributed by atoms with van der Waals surface area (Å²) in [4.78, 5) is 9.57. The second kappa shape index (κ2) is 6.18.